The van der Waals surface area contributed by atoms with Gasteiger partial charge in [-0.15, -0.1) is 0 Å². The van der Waals surface area contributed by atoms with Gasteiger partial charge in [0.25, 0.3) is 0 Å². The van der Waals surface area contributed by atoms with E-state index >= 15 is 0 Å². The second-order valence-corrected chi connectivity index (χ2v) is 5.62. The summed E-state index contributed by atoms with van der Waals surface area (Å²) in [6.45, 7) is 6.91. The van der Waals surface area contributed by atoms with E-state index in [-0.39, 0.29) is 5.41 Å². The van der Waals surface area contributed by atoms with Crippen LogP contribution < -0.4 is 0 Å². The van der Waals surface area contributed by atoms with Gasteiger partial charge in [0.05, 0.1) is 5.71 Å². The van der Waals surface area contributed by atoms with E-state index in [1.807, 2.05) is 0 Å². The molecule has 0 bridgehead atoms. The standard InChI is InChI=1S/C12H19NO/c1-11(2)5-4-6-12(3)8-9(13-14)7-10(11)12/h7,14H,4-6,8H2,1-3H3/b13-9-. The Morgan fingerprint density at radius 2 is 2.00 bits per heavy atom. The molecule has 2 nitrogen and oxygen atoms in total. The average Bonchev–Trinajstić information content (AvgIpc) is 2.43. The molecule has 1 fully saturated rings. The molecule has 2 rings (SSSR count). The molecular weight excluding hydrogens is 174 g/mol. The second kappa shape index (κ2) is 2.85. The van der Waals surface area contributed by atoms with Gasteiger partial charge in [0.2, 0.25) is 0 Å². The van der Waals surface area contributed by atoms with Gasteiger partial charge in [-0.2, -0.15) is 0 Å². The summed E-state index contributed by atoms with van der Waals surface area (Å²) in [6, 6.07) is 0. The van der Waals surface area contributed by atoms with Crippen molar-refractivity contribution in [2.45, 2.75) is 46.5 Å². The Balaban J connectivity index is 2.42. The van der Waals surface area contributed by atoms with Crippen molar-refractivity contribution in [1.29, 1.82) is 0 Å². The van der Waals surface area contributed by atoms with Crippen LogP contribution in [0.2, 0.25) is 0 Å². The number of nitrogens with zero attached hydrogens (tertiary/aromatic N) is 1. The zero-order valence-electron chi connectivity index (χ0n) is 9.30. The van der Waals surface area contributed by atoms with E-state index in [1.54, 1.807) is 0 Å². The van der Waals surface area contributed by atoms with E-state index in [0.29, 0.717) is 5.41 Å². The molecule has 0 aliphatic heterocycles. The maximum Gasteiger partial charge on any atom is 0.0804 e. The summed E-state index contributed by atoms with van der Waals surface area (Å²) < 4.78 is 0. The number of fused-ring (bicyclic) bond motifs is 1. The third kappa shape index (κ3) is 1.28. The van der Waals surface area contributed by atoms with Crippen LogP contribution in [0.4, 0.5) is 0 Å². The highest BCUT2D eigenvalue weighted by molar-refractivity contribution is 5.99. The fourth-order valence-corrected chi connectivity index (χ4v) is 3.24. The van der Waals surface area contributed by atoms with Crippen molar-refractivity contribution >= 4 is 5.71 Å². The van der Waals surface area contributed by atoms with Crippen LogP contribution in [0.3, 0.4) is 0 Å². The minimum Gasteiger partial charge on any atom is -0.411 e. The summed E-state index contributed by atoms with van der Waals surface area (Å²) in [6.07, 6.45) is 6.81. The normalized spacial score (nSPS) is 38.2. The summed E-state index contributed by atoms with van der Waals surface area (Å²) in [5, 5.41) is 12.2. The molecule has 2 aliphatic carbocycles. The maximum absolute atomic E-state index is 8.84. The van der Waals surface area contributed by atoms with E-state index in [1.165, 1.54) is 24.8 Å². The van der Waals surface area contributed by atoms with Crippen molar-refractivity contribution < 1.29 is 5.21 Å². The Hall–Kier alpha value is -0.790. The van der Waals surface area contributed by atoms with Crippen molar-refractivity contribution in [3.63, 3.8) is 0 Å². The predicted octanol–water partition coefficient (Wildman–Crippen LogP) is 3.36. The van der Waals surface area contributed by atoms with E-state index in [4.69, 9.17) is 5.21 Å². The van der Waals surface area contributed by atoms with Crippen LogP contribution in [-0.4, -0.2) is 10.9 Å². The fourth-order valence-electron chi connectivity index (χ4n) is 3.24. The van der Waals surface area contributed by atoms with Crippen LogP contribution in [0.25, 0.3) is 0 Å². The van der Waals surface area contributed by atoms with Crippen LogP contribution in [0, 0.1) is 10.8 Å². The molecule has 78 valence electrons. The average molecular weight is 193 g/mol. The van der Waals surface area contributed by atoms with Crippen LogP contribution in [0.15, 0.2) is 16.8 Å². The molecule has 1 N–H and O–H groups in total. The van der Waals surface area contributed by atoms with Gasteiger partial charge in [0, 0.05) is 6.42 Å². The Morgan fingerprint density at radius 1 is 1.29 bits per heavy atom. The molecule has 0 aromatic rings. The van der Waals surface area contributed by atoms with Gasteiger partial charge in [-0.25, -0.2) is 0 Å². The molecule has 0 amide bonds. The van der Waals surface area contributed by atoms with Gasteiger partial charge in [-0.1, -0.05) is 37.9 Å². The molecule has 1 saturated carbocycles. The van der Waals surface area contributed by atoms with E-state index in [9.17, 15) is 0 Å². The van der Waals surface area contributed by atoms with Crippen LogP contribution in [-0.2, 0) is 0 Å². The Labute approximate surface area is 85.7 Å². The first-order chi connectivity index (χ1) is 6.48. The SMILES string of the molecule is CC1(C)CCCC2(C)C/C(=N\O)C=C12. The number of rotatable bonds is 0. The van der Waals surface area contributed by atoms with Gasteiger partial charge in [0.15, 0.2) is 0 Å². The summed E-state index contributed by atoms with van der Waals surface area (Å²) >= 11 is 0. The lowest BCUT2D eigenvalue weighted by Crippen LogP contribution is -2.31. The van der Waals surface area contributed by atoms with E-state index in [0.717, 1.165) is 12.1 Å². The predicted molar refractivity (Wildman–Crippen MR) is 57.7 cm³/mol. The quantitative estimate of drug-likeness (QED) is 0.464. The lowest BCUT2D eigenvalue weighted by molar-refractivity contribution is 0.211. The molecule has 0 aromatic heterocycles. The summed E-state index contributed by atoms with van der Waals surface area (Å²) in [4.78, 5) is 0. The first kappa shape index (κ1) is 9.75. The molecule has 2 aliphatic rings. The third-order valence-electron chi connectivity index (χ3n) is 3.92. The fraction of sp³-hybridized carbons (Fsp3) is 0.750. The Morgan fingerprint density at radius 3 is 2.57 bits per heavy atom. The summed E-state index contributed by atoms with van der Waals surface area (Å²) in [5.41, 5.74) is 2.91. The van der Waals surface area contributed by atoms with Crippen LogP contribution in [0.1, 0.15) is 46.5 Å². The molecule has 1 atom stereocenters. The minimum atomic E-state index is 0.267. The number of oxime groups is 1. The van der Waals surface area contributed by atoms with Gasteiger partial charge in [-0.3, -0.25) is 0 Å². The maximum atomic E-state index is 8.84. The summed E-state index contributed by atoms with van der Waals surface area (Å²) in [5.74, 6) is 0. The highest BCUT2D eigenvalue weighted by atomic mass is 16.4. The van der Waals surface area contributed by atoms with Crippen molar-refractivity contribution in [2.75, 3.05) is 0 Å². The van der Waals surface area contributed by atoms with Gasteiger partial charge >= 0.3 is 0 Å². The van der Waals surface area contributed by atoms with Crippen molar-refractivity contribution in [3.8, 4) is 0 Å². The second-order valence-electron chi connectivity index (χ2n) is 5.62. The van der Waals surface area contributed by atoms with Crippen molar-refractivity contribution in [1.82, 2.24) is 0 Å². The number of hydrogen-bond donors (Lipinski definition) is 1. The third-order valence-corrected chi connectivity index (χ3v) is 3.92. The molecule has 0 spiro atoms. The van der Waals surface area contributed by atoms with Gasteiger partial charge in [-0.05, 0) is 29.7 Å². The Kier molecular flexibility index (Phi) is 1.98. The topological polar surface area (TPSA) is 32.6 Å². The van der Waals surface area contributed by atoms with Crippen LogP contribution >= 0.6 is 0 Å². The minimum absolute atomic E-state index is 0.267. The highest BCUT2D eigenvalue weighted by Crippen LogP contribution is 2.55. The molecule has 1 unspecified atom stereocenters. The van der Waals surface area contributed by atoms with E-state index in [2.05, 4.69) is 32.0 Å². The summed E-state index contributed by atoms with van der Waals surface area (Å²) in [7, 11) is 0. The number of hydrogen-bond acceptors (Lipinski definition) is 2. The van der Waals surface area contributed by atoms with Crippen LogP contribution in [0.5, 0.6) is 0 Å². The molecular formula is C12H19NO. The highest BCUT2D eigenvalue weighted by Gasteiger charge is 2.45. The molecule has 0 heterocycles. The molecule has 14 heavy (non-hydrogen) atoms. The lowest BCUT2D eigenvalue weighted by Gasteiger charge is -2.43. The zero-order valence-corrected chi connectivity index (χ0v) is 9.30. The molecule has 0 radical (unpaired) electrons. The molecule has 0 saturated heterocycles. The Bertz CT molecular complexity index is 314. The largest absolute Gasteiger partial charge is 0.411 e. The zero-order chi connectivity index (χ0) is 10.4. The molecule has 0 aromatic carbocycles. The van der Waals surface area contributed by atoms with E-state index < -0.39 is 0 Å². The monoisotopic (exact) mass is 193 g/mol. The van der Waals surface area contributed by atoms with Gasteiger partial charge < -0.3 is 5.21 Å². The number of allylic oxidation sites excluding steroid dienone is 2. The molecule has 2 heteroatoms. The lowest BCUT2D eigenvalue weighted by atomic mass is 9.62. The first-order valence-electron chi connectivity index (χ1n) is 5.42. The first-order valence-corrected chi connectivity index (χ1v) is 5.42. The van der Waals surface area contributed by atoms with Gasteiger partial charge in [0.1, 0.15) is 0 Å². The van der Waals surface area contributed by atoms with Crippen molar-refractivity contribution in [3.05, 3.63) is 11.6 Å². The van der Waals surface area contributed by atoms with Crippen molar-refractivity contribution in [2.24, 2.45) is 16.0 Å². The smallest absolute Gasteiger partial charge is 0.0804 e.